The quantitative estimate of drug-likeness (QED) is 0.0211. The first-order valence-electron chi connectivity index (χ1n) is 37.6. The number of allylic oxidation sites excluding steroid dienone is 26. The zero-order valence-corrected chi connectivity index (χ0v) is 60.4. The molecular weight excluding hydrogens is 1150 g/mol. The SMILES string of the molecule is CC/C=C\C/C=C\C/C=C\C/C=C\C/C=C\C/C=C\C/C=C\C/C=C\C/C=C\CCCCCCCC(=O)OC(COC(=O)CCCCCCCCCCCCCCCCCCCCCCCC/C=C\C/C=C\C/C=C\C/C=C\CC)COC(OCC[N+](C)(C)C)C(=O)O. The molecule has 0 fully saturated rings. The molecule has 2 unspecified atom stereocenters. The van der Waals surface area contributed by atoms with E-state index < -0.39 is 24.3 Å². The summed E-state index contributed by atoms with van der Waals surface area (Å²) >= 11 is 0. The van der Waals surface area contributed by atoms with Crippen molar-refractivity contribution in [1.29, 1.82) is 0 Å². The number of carbonyl (C=O) groups is 3. The van der Waals surface area contributed by atoms with Gasteiger partial charge >= 0.3 is 17.9 Å². The molecule has 0 spiro atoms. The van der Waals surface area contributed by atoms with Crippen molar-refractivity contribution in [2.24, 2.45) is 0 Å². The number of nitrogens with zero attached hydrogens (tertiary/aromatic N) is 1. The van der Waals surface area contributed by atoms with E-state index in [0.717, 1.165) is 135 Å². The fraction of sp³-hybridized carbons (Fsp3) is 0.655. The van der Waals surface area contributed by atoms with E-state index in [0.29, 0.717) is 23.9 Å². The molecule has 0 saturated heterocycles. The standard InChI is InChI=1S/C84H139NO8/c1-6-8-10-12-14-16-18-20-22-24-26-28-30-32-34-36-38-40-41-43-44-46-48-50-52-54-56-58-60-62-64-66-68-70-72-74-81(86)91-78-80(79-92-84(83(88)89)90-77-76-85(3,4)5)93-82(87)75-73-71-69-67-65-63-61-59-57-55-53-51-49-47-45-42-39-37-35-33-31-29-27-25-23-21-19-17-15-13-11-9-7-2/h8-11,14-17,20-23,26-29,33,35,39,42,47,49,53,55,59,61,80,84H,6-7,12-13,18-19,24-25,30-32,34,36-38,40-41,43-46,48,50-52,54,56-58,60,62-79H2,1-5H3/p+1/b10-8-,11-9-,16-14-,17-15-,22-20-,23-21-,28-26-,29-27-,35-33-,42-39-,49-47-,55-53-,61-59-. The van der Waals surface area contributed by atoms with Crippen LogP contribution in [0.4, 0.5) is 0 Å². The number of hydrogen-bond donors (Lipinski definition) is 1. The topological polar surface area (TPSA) is 108 Å². The van der Waals surface area contributed by atoms with Gasteiger partial charge in [-0.05, 0) is 122 Å². The van der Waals surface area contributed by atoms with Gasteiger partial charge in [0.1, 0.15) is 13.2 Å². The van der Waals surface area contributed by atoms with Crippen LogP contribution in [-0.4, -0.2) is 87.4 Å². The number of aliphatic carboxylic acids is 1. The summed E-state index contributed by atoms with van der Waals surface area (Å²) < 4.78 is 23.0. The summed E-state index contributed by atoms with van der Waals surface area (Å²) in [4.78, 5) is 37.7. The molecule has 2 atom stereocenters. The summed E-state index contributed by atoms with van der Waals surface area (Å²) in [6, 6.07) is 0. The molecular formula is C84H140NO8+. The van der Waals surface area contributed by atoms with Crippen LogP contribution in [0.1, 0.15) is 296 Å². The number of likely N-dealkylation sites (N-methyl/N-ethyl adjacent to an activating group) is 1. The van der Waals surface area contributed by atoms with Gasteiger partial charge in [0, 0.05) is 12.8 Å². The first-order chi connectivity index (χ1) is 45.6. The lowest BCUT2D eigenvalue weighted by Crippen LogP contribution is -2.40. The molecule has 0 aromatic carbocycles. The molecule has 0 aromatic heterocycles. The van der Waals surface area contributed by atoms with Gasteiger partial charge in [0.25, 0.3) is 6.29 Å². The average molecular weight is 1290 g/mol. The number of ether oxygens (including phenoxy) is 4. The van der Waals surface area contributed by atoms with Crippen LogP contribution in [0.5, 0.6) is 0 Å². The highest BCUT2D eigenvalue weighted by Gasteiger charge is 2.25. The Morgan fingerprint density at radius 1 is 0.323 bits per heavy atom. The molecule has 0 bridgehead atoms. The minimum Gasteiger partial charge on any atom is -0.477 e. The normalized spacial score (nSPS) is 13.6. The maximum atomic E-state index is 13.0. The van der Waals surface area contributed by atoms with Crippen molar-refractivity contribution < 1.29 is 42.9 Å². The van der Waals surface area contributed by atoms with Gasteiger partial charge in [0.15, 0.2) is 6.10 Å². The Balaban J connectivity index is 4.13. The van der Waals surface area contributed by atoms with Crippen molar-refractivity contribution in [3.8, 4) is 0 Å². The summed E-state index contributed by atoms with van der Waals surface area (Å²) in [5, 5.41) is 9.76. The summed E-state index contributed by atoms with van der Waals surface area (Å²) in [6.45, 7) is 4.64. The highest BCUT2D eigenvalue weighted by Crippen LogP contribution is 2.17. The molecule has 528 valence electrons. The molecule has 9 heteroatoms. The van der Waals surface area contributed by atoms with Crippen LogP contribution in [0.3, 0.4) is 0 Å². The third-order valence-corrected chi connectivity index (χ3v) is 15.8. The van der Waals surface area contributed by atoms with Crippen molar-refractivity contribution in [3.05, 3.63) is 158 Å². The molecule has 0 aromatic rings. The van der Waals surface area contributed by atoms with Crippen LogP contribution in [0.15, 0.2) is 158 Å². The monoisotopic (exact) mass is 1290 g/mol. The summed E-state index contributed by atoms with van der Waals surface area (Å²) in [5.74, 6) is -2.03. The third-order valence-electron chi connectivity index (χ3n) is 15.8. The van der Waals surface area contributed by atoms with Crippen molar-refractivity contribution in [3.63, 3.8) is 0 Å². The number of unbranched alkanes of at least 4 members (excludes halogenated alkanes) is 27. The lowest BCUT2D eigenvalue weighted by atomic mass is 10.0. The Labute approximate surface area is 572 Å². The second-order valence-corrected chi connectivity index (χ2v) is 25.8. The maximum Gasteiger partial charge on any atom is 0.361 e. The average Bonchev–Trinajstić information content (AvgIpc) is 3.74. The number of esters is 2. The van der Waals surface area contributed by atoms with E-state index in [1.807, 2.05) is 21.1 Å². The molecule has 1 N–H and O–H groups in total. The fourth-order valence-corrected chi connectivity index (χ4v) is 10.1. The first-order valence-corrected chi connectivity index (χ1v) is 37.6. The Kier molecular flexibility index (Phi) is 68.8. The number of quaternary nitrogens is 1. The lowest BCUT2D eigenvalue weighted by Gasteiger charge is -2.25. The van der Waals surface area contributed by atoms with Gasteiger partial charge in [-0.15, -0.1) is 0 Å². The number of rotatable bonds is 68. The van der Waals surface area contributed by atoms with E-state index in [2.05, 4.69) is 172 Å². The number of carboxylic acids is 1. The first kappa shape index (κ1) is 87.9. The van der Waals surface area contributed by atoms with Crippen molar-refractivity contribution >= 4 is 17.9 Å². The van der Waals surface area contributed by atoms with Crippen LogP contribution >= 0.6 is 0 Å². The highest BCUT2D eigenvalue weighted by molar-refractivity contribution is 5.71. The van der Waals surface area contributed by atoms with Gasteiger partial charge in [-0.3, -0.25) is 9.59 Å². The molecule has 0 aliphatic rings. The van der Waals surface area contributed by atoms with E-state index >= 15 is 0 Å². The zero-order chi connectivity index (χ0) is 67.5. The molecule has 0 saturated carbocycles. The summed E-state index contributed by atoms with van der Waals surface area (Å²) in [6.07, 6.45) is 105. The summed E-state index contributed by atoms with van der Waals surface area (Å²) in [7, 11) is 5.97. The van der Waals surface area contributed by atoms with Crippen LogP contribution in [0.2, 0.25) is 0 Å². The van der Waals surface area contributed by atoms with E-state index in [-0.39, 0.29) is 32.2 Å². The van der Waals surface area contributed by atoms with Gasteiger partial charge in [-0.2, -0.15) is 0 Å². The van der Waals surface area contributed by atoms with E-state index in [1.165, 1.54) is 128 Å². The van der Waals surface area contributed by atoms with Crippen molar-refractivity contribution in [2.75, 3.05) is 47.5 Å². The largest absolute Gasteiger partial charge is 0.477 e. The maximum absolute atomic E-state index is 13.0. The van der Waals surface area contributed by atoms with Crippen LogP contribution < -0.4 is 0 Å². The number of carboxylic acid groups (broad SMARTS) is 1. The number of carbonyl (C=O) groups excluding carboxylic acids is 2. The second-order valence-electron chi connectivity index (χ2n) is 25.8. The van der Waals surface area contributed by atoms with Crippen molar-refractivity contribution in [1.82, 2.24) is 0 Å². The molecule has 0 amide bonds. The fourth-order valence-electron chi connectivity index (χ4n) is 10.1. The summed E-state index contributed by atoms with van der Waals surface area (Å²) in [5.41, 5.74) is 0. The predicted molar refractivity (Wildman–Crippen MR) is 400 cm³/mol. The van der Waals surface area contributed by atoms with Crippen LogP contribution in [0, 0.1) is 0 Å². The van der Waals surface area contributed by atoms with Crippen LogP contribution in [-0.2, 0) is 33.3 Å². The molecule has 0 rings (SSSR count). The van der Waals surface area contributed by atoms with E-state index in [1.54, 1.807) is 0 Å². The van der Waals surface area contributed by atoms with Crippen LogP contribution in [0.25, 0.3) is 0 Å². The van der Waals surface area contributed by atoms with Crippen molar-refractivity contribution in [2.45, 2.75) is 309 Å². The molecule has 93 heavy (non-hydrogen) atoms. The minimum absolute atomic E-state index is 0.177. The molecule has 0 aliphatic carbocycles. The van der Waals surface area contributed by atoms with E-state index in [4.69, 9.17) is 18.9 Å². The Bertz CT molecular complexity index is 2090. The van der Waals surface area contributed by atoms with Gasteiger partial charge in [-0.1, -0.05) is 320 Å². The minimum atomic E-state index is -1.53. The molecule has 0 radical (unpaired) electrons. The number of hydrogen-bond acceptors (Lipinski definition) is 7. The van der Waals surface area contributed by atoms with Gasteiger partial charge < -0.3 is 28.5 Å². The highest BCUT2D eigenvalue weighted by atomic mass is 16.7. The molecule has 9 nitrogen and oxygen atoms in total. The van der Waals surface area contributed by atoms with E-state index in [9.17, 15) is 19.5 Å². The second kappa shape index (κ2) is 72.7. The van der Waals surface area contributed by atoms with Gasteiger partial charge in [0.2, 0.25) is 0 Å². The predicted octanol–water partition coefficient (Wildman–Crippen LogP) is 24.0. The van der Waals surface area contributed by atoms with Gasteiger partial charge in [-0.25, -0.2) is 4.79 Å². The van der Waals surface area contributed by atoms with Gasteiger partial charge in [0.05, 0.1) is 34.4 Å². The zero-order valence-electron chi connectivity index (χ0n) is 60.4. The third kappa shape index (κ3) is 74.2. The molecule has 0 heterocycles. The lowest BCUT2D eigenvalue weighted by molar-refractivity contribution is -0.870. The Hall–Kier alpha value is -5.09. The Morgan fingerprint density at radius 2 is 0.581 bits per heavy atom. The smallest absolute Gasteiger partial charge is 0.361 e. The molecule has 0 aliphatic heterocycles. The Morgan fingerprint density at radius 3 is 0.860 bits per heavy atom.